The summed E-state index contributed by atoms with van der Waals surface area (Å²) in [6.45, 7) is 2.38. The molecule has 4 aromatic carbocycles. The largest absolute Gasteiger partial charge is 0.310 e. The van der Waals surface area contributed by atoms with Crippen LogP contribution in [0.15, 0.2) is 109 Å². The number of aromatic nitrogens is 1. The Morgan fingerprint density at radius 2 is 1.11 bits per heavy atom. The third-order valence-electron chi connectivity index (χ3n) is 7.13. The smallest absolute Gasteiger partial charge is 0.254 e. The average molecular weight is 561 g/mol. The van der Waals surface area contributed by atoms with Gasteiger partial charge in [0.1, 0.15) is 0 Å². The number of aryl methyl sites for hydroxylation is 1. The molecule has 0 N–H and O–H groups in total. The van der Waals surface area contributed by atoms with Crippen LogP contribution in [0.3, 0.4) is 0 Å². The van der Waals surface area contributed by atoms with Gasteiger partial charge >= 0.3 is 0 Å². The van der Waals surface area contributed by atoms with Crippen LogP contribution >= 0.6 is 22.6 Å². The molecule has 0 amide bonds. The number of para-hydroxylation sites is 2. The standard InChI is InChI=1S/C30H21BIN3/c1-20-10-8-16-24-28(20)31-29-23(32)15-9-17-25(29)35(22-13-6-3-7-14-22)27-19-33-18-26(30(27)31)34(24)21-11-4-2-5-12-21/h2-19H,1H3. The van der Waals surface area contributed by atoms with Crippen LogP contribution in [-0.4, -0.2) is 11.7 Å². The molecule has 0 aliphatic carbocycles. The number of benzene rings is 4. The number of hydrogen-bond donors (Lipinski definition) is 0. The van der Waals surface area contributed by atoms with E-state index in [4.69, 9.17) is 4.98 Å². The number of nitrogens with zero attached hydrogens (tertiary/aromatic N) is 3. The molecule has 3 heterocycles. The highest BCUT2D eigenvalue weighted by molar-refractivity contribution is 14.1. The van der Waals surface area contributed by atoms with E-state index in [0.717, 1.165) is 22.7 Å². The SMILES string of the molecule is Cc1cccc2c1B1c3c(I)cccc3N(c3ccccc3)c3cncc(c31)N2c1ccccc1. The second-order valence-electron chi connectivity index (χ2n) is 9.05. The van der Waals surface area contributed by atoms with E-state index in [1.807, 2.05) is 12.4 Å². The Kier molecular flexibility index (Phi) is 4.74. The molecule has 0 fully saturated rings. The van der Waals surface area contributed by atoms with Gasteiger partial charge < -0.3 is 9.80 Å². The molecule has 2 aliphatic heterocycles. The van der Waals surface area contributed by atoms with Gasteiger partial charge in [-0.05, 0) is 88.4 Å². The van der Waals surface area contributed by atoms with E-state index >= 15 is 0 Å². The molecule has 1 aromatic heterocycles. The Morgan fingerprint density at radius 1 is 0.571 bits per heavy atom. The Balaban J connectivity index is 1.62. The Morgan fingerprint density at radius 3 is 1.71 bits per heavy atom. The van der Waals surface area contributed by atoms with Gasteiger partial charge in [0.25, 0.3) is 6.71 Å². The maximum Gasteiger partial charge on any atom is 0.254 e. The molecule has 0 bridgehead atoms. The molecule has 0 radical (unpaired) electrons. The summed E-state index contributed by atoms with van der Waals surface area (Å²) in [5.74, 6) is 0. The molecule has 0 atom stereocenters. The predicted octanol–water partition coefficient (Wildman–Crippen LogP) is 6.08. The fourth-order valence-corrected chi connectivity index (χ4v) is 6.54. The molecule has 3 nitrogen and oxygen atoms in total. The van der Waals surface area contributed by atoms with Crippen LogP contribution in [0.1, 0.15) is 5.56 Å². The normalized spacial score (nSPS) is 13.3. The molecule has 0 unspecified atom stereocenters. The number of pyridine rings is 1. The van der Waals surface area contributed by atoms with Crippen molar-refractivity contribution < 1.29 is 0 Å². The minimum Gasteiger partial charge on any atom is -0.310 e. The van der Waals surface area contributed by atoms with Crippen molar-refractivity contribution in [3.63, 3.8) is 0 Å². The van der Waals surface area contributed by atoms with E-state index in [0.29, 0.717) is 0 Å². The average Bonchev–Trinajstić information content (AvgIpc) is 2.90. The Labute approximate surface area is 219 Å². The molecule has 2 aliphatic rings. The van der Waals surface area contributed by atoms with Crippen LogP contribution in [0.5, 0.6) is 0 Å². The van der Waals surface area contributed by atoms with E-state index in [1.165, 1.54) is 36.9 Å². The van der Waals surface area contributed by atoms with Gasteiger partial charge in [-0.25, -0.2) is 0 Å². The number of halogens is 1. The van der Waals surface area contributed by atoms with Crippen LogP contribution in [0.25, 0.3) is 0 Å². The number of rotatable bonds is 2. The molecule has 0 saturated carbocycles. The van der Waals surface area contributed by atoms with Gasteiger partial charge in [0.05, 0.1) is 23.8 Å². The second kappa shape index (κ2) is 7.99. The van der Waals surface area contributed by atoms with Crippen molar-refractivity contribution in [2.75, 3.05) is 9.80 Å². The Bertz CT molecular complexity index is 1470. The van der Waals surface area contributed by atoms with Crippen molar-refractivity contribution in [3.05, 3.63) is 119 Å². The highest BCUT2D eigenvalue weighted by atomic mass is 127. The number of fused-ring (bicyclic) bond motifs is 4. The summed E-state index contributed by atoms with van der Waals surface area (Å²) in [6, 6.07) is 34.6. The lowest BCUT2D eigenvalue weighted by molar-refractivity contribution is 1.19. The molecule has 0 saturated heterocycles. The molecule has 5 aromatic rings. The summed E-state index contributed by atoms with van der Waals surface area (Å²) >= 11 is 2.52. The lowest BCUT2D eigenvalue weighted by Crippen LogP contribution is -2.62. The van der Waals surface area contributed by atoms with Gasteiger partial charge in [0.2, 0.25) is 0 Å². The highest BCUT2D eigenvalue weighted by Gasteiger charge is 2.44. The number of anilines is 6. The summed E-state index contributed by atoms with van der Waals surface area (Å²) < 4.78 is 1.28. The first-order valence-corrected chi connectivity index (χ1v) is 12.9. The molecule has 35 heavy (non-hydrogen) atoms. The summed E-state index contributed by atoms with van der Waals surface area (Å²) in [5, 5.41) is 0. The third-order valence-corrected chi connectivity index (χ3v) is 8.08. The highest BCUT2D eigenvalue weighted by Crippen LogP contribution is 2.43. The maximum absolute atomic E-state index is 4.79. The predicted molar refractivity (Wildman–Crippen MR) is 156 cm³/mol. The first-order chi connectivity index (χ1) is 17.2. The van der Waals surface area contributed by atoms with Crippen LogP contribution in [-0.2, 0) is 0 Å². The zero-order chi connectivity index (χ0) is 23.5. The summed E-state index contributed by atoms with van der Waals surface area (Å²) in [6.07, 6.45) is 4.07. The van der Waals surface area contributed by atoms with E-state index in [-0.39, 0.29) is 6.71 Å². The fraction of sp³-hybridized carbons (Fsp3) is 0.0333. The molecule has 166 valence electrons. The van der Waals surface area contributed by atoms with E-state index in [9.17, 15) is 0 Å². The Hall–Kier alpha value is -3.58. The monoisotopic (exact) mass is 561 g/mol. The van der Waals surface area contributed by atoms with Crippen LogP contribution < -0.4 is 26.2 Å². The van der Waals surface area contributed by atoms with Crippen molar-refractivity contribution in [2.45, 2.75) is 6.92 Å². The molecular weight excluding hydrogens is 540 g/mol. The molecule has 5 heteroatoms. The topological polar surface area (TPSA) is 19.4 Å². The van der Waals surface area contributed by atoms with Crippen LogP contribution in [0, 0.1) is 10.5 Å². The van der Waals surface area contributed by atoms with Crippen molar-refractivity contribution in [3.8, 4) is 0 Å². The van der Waals surface area contributed by atoms with E-state index in [1.54, 1.807) is 0 Å². The van der Waals surface area contributed by atoms with E-state index < -0.39 is 0 Å². The van der Waals surface area contributed by atoms with Crippen molar-refractivity contribution in [1.82, 2.24) is 4.98 Å². The van der Waals surface area contributed by atoms with Gasteiger partial charge in [-0.3, -0.25) is 4.98 Å². The van der Waals surface area contributed by atoms with Gasteiger partial charge in [-0.15, -0.1) is 0 Å². The zero-order valence-electron chi connectivity index (χ0n) is 19.2. The summed E-state index contributed by atoms with van der Waals surface area (Å²) in [4.78, 5) is 9.56. The fourth-order valence-electron chi connectivity index (χ4n) is 5.75. The summed E-state index contributed by atoms with van der Waals surface area (Å²) in [5.41, 5.74) is 12.4. The van der Waals surface area contributed by atoms with Crippen LogP contribution in [0.2, 0.25) is 0 Å². The third kappa shape index (κ3) is 3.01. The number of hydrogen-bond acceptors (Lipinski definition) is 3. The lowest BCUT2D eigenvalue weighted by atomic mass is 9.33. The second-order valence-corrected chi connectivity index (χ2v) is 10.2. The first kappa shape index (κ1) is 20.8. The lowest BCUT2D eigenvalue weighted by Gasteiger charge is -2.44. The van der Waals surface area contributed by atoms with Crippen molar-refractivity contribution in [2.24, 2.45) is 0 Å². The van der Waals surface area contributed by atoms with Gasteiger partial charge in [-0.2, -0.15) is 0 Å². The van der Waals surface area contributed by atoms with Gasteiger partial charge in [-0.1, -0.05) is 60.2 Å². The first-order valence-electron chi connectivity index (χ1n) is 11.8. The zero-order valence-corrected chi connectivity index (χ0v) is 21.3. The van der Waals surface area contributed by atoms with E-state index in [2.05, 4.69) is 136 Å². The molecular formula is C30H21BIN3. The maximum atomic E-state index is 4.79. The molecule has 7 rings (SSSR count). The quantitative estimate of drug-likeness (QED) is 0.189. The van der Waals surface area contributed by atoms with Crippen molar-refractivity contribution in [1.29, 1.82) is 0 Å². The minimum absolute atomic E-state index is 0.141. The summed E-state index contributed by atoms with van der Waals surface area (Å²) in [7, 11) is 0. The molecule has 0 spiro atoms. The van der Waals surface area contributed by atoms with Crippen molar-refractivity contribution >= 4 is 79.8 Å². The van der Waals surface area contributed by atoms with Crippen LogP contribution in [0.4, 0.5) is 34.1 Å². The van der Waals surface area contributed by atoms with Gasteiger partial charge in [0, 0.05) is 26.3 Å². The van der Waals surface area contributed by atoms with Gasteiger partial charge in [0.15, 0.2) is 0 Å². The minimum atomic E-state index is 0.141.